The third-order valence-corrected chi connectivity index (χ3v) is 4.60. The minimum atomic E-state index is -0.324. The number of carbonyl (C=O) groups is 1. The fourth-order valence-corrected chi connectivity index (χ4v) is 3.48. The van der Waals surface area contributed by atoms with Gasteiger partial charge in [0, 0.05) is 19.9 Å². The van der Waals surface area contributed by atoms with Crippen LogP contribution in [0, 0.1) is 9.39 Å². The van der Waals surface area contributed by atoms with Crippen molar-refractivity contribution >= 4 is 39.7 Å². The summed E-state index contributed by atoms with van der Waals surface area (Å²) in [7, 11) is 0. The predicted octanol–water partition coefficient (Wildman–Crippen LogP) is 4.61. The summed E-state index contributed by atoms with van der Waals surface area (Å²) in [5.74, 6) is -0.348. The third kappa shape index (κ3) is 3.63. The first-order chi connectivity index (χ1) is 9.27. The molecule has 2 nitrogen and oxygen atoms in total. The van der Waals surface area contributed by atoms with Crippen molar-refractivity contribution in [3.63, 3.8) is 0 Å². The summed E-state index contributed by atoms with van der Waals surface area (Å²) in [5.41, 5.74) is 1.54. The molecule has 0 saturated carbocycles. The van der Waals surface area contributed by atoms with Gasteiger partial charge in [-0.3, -0.25) is 4.79 Å². The average molecular weight is 403 g/mol. The molecular weight excluding hydrogens is 388 g/mol. The summed E-state index contributed by atoms with van der Waals surface area (Å²) in [6.45, 7) is 6.28. The lowest BCUT2D eigenvalue weighted by Gasteiger charge is -2.14. The summed E-state index contributed by atoms with van der Waals surface area (Å²) < 4.78 is 13.7. The zero-order valence-electron chi connectivity index (χ0n) is 11.5. The van der Waals surface area contributed by atoms with Gasteiger partial charge < -0.3 is 0 Å². The van der Waals surface area contributed by atoms with Gasteiger partial charge in [0.05, 0.1) is 12.1 Å². The summed E-state index contributed by atoms with van der Waals surface area (Å²) >= 11 is 3.48. The van der Waals surface area contributed by atoms with Crippen LogP contribution in [0.1, 0.15) is 41.8 Å². The molecule has 0 radical (unpaired) electrons. The third-order valence-electron chi connectivity index (χ3n) is 2.86. The maximum Gasteiger partial charge on any atom is 0.170 e. The highest BCUT2D eigenvalue weighted by Gasteiger charge is 2.19. The second-order valence-electron chi connectivity index (χ2n) is 5.60. The maximum atomic E-state index is 13.0. The van der Waals surface area contributed by atoms with E-state index in [2.05, 4.69) is 25.8 Å². The van der Waals surface area contributed by atoms with Gasteiger partial charge in [-0.1, -0.05) is 20.8 Å². The van der Waals surface area contributed by atoms with E-state index >= 15 is 0 Å². The van der Waals surface area contributed by atoms with Crippen molar-refractivity contribution in [3.05, 3.63) is 49.2 Å². The normalized spacial score (nSPS) is 11.7. The molecule has 0 fully saturated rings. The van der Waals surface area contributed by atoms with Crippen LogP contribution in [0.15, 0.2) is 23.6 Å². The first kappa shape index (κ1) is 15.6. The minimum absolute atomic E-state index is 0.0118. The largest absolute Gasteiger partial charge is 0.294 e. The molecule has 0 aliphatic heterocycles. The van der Waals surface area contributed by atoms with Crippen LogP contribution in [0.5, 0.6) is 0 Å². The average Bonchev–Trinajstić information content (AvgIpc) is 2.76. The number of rotatable bonds is 3. The number of aromatic nitrogens is 1. The van der Waals surface area contributed by atoms with Crippen molar-refractivity contribution in [2.45, 2.75) is 32.6 Å². The van der Waals surface area contributed by atoms with E-state index < -0.39 is 0 Å². The highest BCUT2D eigenvalue weighted by molar-refractivity contribution is 14.1. The number of hydrogen-bond donors (Lipinski definition) is 0. The molecule has 0 spiro atoms. The predicted molar refractivity (Wildman–Crippen MR) is 88.0 cm³/mol. The molecule has 1 aromatic heterocycles. The highest BCUT2D eigenvalue weighted by Crippen LogP contribution is 2.25. The molecule has 0 aliphatic carbocycles. The van der Waals surface area contributed by atoms with Crippen molar-refractivity contribution in [1.82, 2.24) is 4.98 Å². The number of Topliss-reactive ketones (excluding diaryl/α,β-unsaturated/α-hetero) is 1. The monoisotopic (exact) mass is 403 g/mol. The van der Waals surface area contributed by atoms with Gasteiger partial charge in [-0.2, -0.15) is 0 Å². The molecular formula is C15H15FINOS. The number of thiazole rings is 1. The van der Waals surface area contributed by atoms with Crippen LogP contribution in [0.4, 0.5) is 4.39 Å². The highest BCUT2D eigenvalue weighted by atomic mass is 127. The Morgan fingerprint density at radius 1 is 1.40 bits per heavy atom. The lowest BCUT2D eigenvalue weighted by Crippen LogP contribution is -2.12. The summed E-state index contributed by atoms with van der Waals surface area (Å²) in [6.07, 6.45) is 0.266. The lowest BCUT2D eigenvalue weighted by atomic mass is 9.93. The molecule has 2 aromatic rings. The number of nitrogens with zero attached hydrogens (tertiary/aromatic N) is 1. The molecule has 1 aromatic carbocycles. The second kappa shape index (κ2) is 5.89. The minimum Gasteiger partial charge on any atom is -0.294 e. The van der Waals surface area contributed by atoms with Gasteiger partial charge in [0.15, 0.2) is 5.78 Å². The van der Waals surface area contributed by atoms with E-state index in [0.29, 0.717) is 9.13 Å². The summed E-state index contributed by atoms with van der Waals surface area (Å²) in [4.78, 5) is 16.8. The molecule has 20 heavy (non-hydrogen) atoms. The maximum absolute atomic E-state index is 13.0. The Kier molecular flexibility index (Phi) is 4.59. The van der Waals surface area contributed by atoms with E-state index in [1.165, 1.54) is 29.5 Å². The van der Waals surface area contributed by atoms with Crippen LogP contribution in [0.2, 0.25) is 0 Å². The van der Waals surface area contributed by atoms with Gasteiger partial charge in [0.1, 0.15) is 10.8 Å². The molecule has 0 saturated heterocycles. The van der Waals surface area contributed by atoms with E-state index in [1.807, 2.05) is 28.0 Å². The number of carbonyl (C=O) groups excluding carboxylic acids is 1. The number of benzene rings is 1. The van der Waals surface area contributed by atoms with Crippen LogP contribution < -0.4 is 0 Å². The molecule has 1 heterocycles. The zero-order valence-corrected chi connectivity index (χ0v) is 14.5. The van der Waals surface area contributed by atoms with Gasteiger partial charge in [-0.05, 0) is 40.8 Å². The molecule has 0 atom stereocenters. The fourth-order valence-electron chi connectivity index (χ4n) is 1.68. The molecule has 2 rings (SSSR count). The Morgan fingerprint density at radius 3 is 2.65 bits per heavy atom. The van der Waals surface area contributed by atoms with Gasteiger partial charge in [0.2, 0.25) is 0 Å². The van der Waals surface area contributed by atoms with E-state index in [0.717, 1.165) is 10.7 Å². The smallest absolute Gasteiger partial charge is 0.170 e. The SMILES string of the molecule is CC(C)(C)c1csc(CC(=O)c2ccc(F)cc2I)n1. The summed E-state index contributed by atoms with van der Waals surface area (Å²) in [5, 5.41) is 2.80. The Bertz CT molecular complexity index is 646. The Hall–Kier alpha value is -0.820. The van der Waals surface area contributed by atoms with Crippen LogP contribution in [-0.2, 0) is 11.8 Å². The van der Waals surface area contributed by atoms with Crippen LogP contribution in [-0.4, -0.2) is 10.8 Å². The Labute approximate surface area is 135 Å². The van der Waals surface area contributed by atoms with Crippen LogP contribution in [0.25, 0.3) is 0 Å². The Morgan fingerprint density at radius 2 is 2.10 bits per heavy atom. The number of ketones is 1. The Balaban J connectivity index is 2.17. The molecule has 5 heteroatoms. The number of halogens is 2. The second-order valence-corrected chi connectivity index (χ2v) is 7.71. The number of hydrogen-bond acceptors (Lipinski definition) is 3. The van der Waals surface area contributed by atoms with E-state index in [4.69, 9.17) is 0 Å². The molecule has 0 unspecified atom stereocenters. The van der Waals surface area contributed by atoms with Crippen molar-refractivity contribution in [2.75, 3.05) is 0 Å². The molecule has 106 valence electrons. The van der Waals surface area contributed by atoms with Gasteiger partial charge >= 0.3 is 0 Å². The van der Waals surface area contributed by atoms with Crippen molar-refractivity contribution in [2.24, 2.45) is 0 Å². The standard InChI is InChI=1S/C15H15FINOS/c1-15(2,3)13-8-20-14(18-13)7-12(19)10-5-4-9(16)6-11(10)17/h4-6,8H,7H2,1-3H3. The van der Waals surface area contributed by atoms with Crippen molar-refractivity contribution in [3.8, 4) is 0 Å². The van der Waals surface area contributed by atoms with Gasteiger partial charge in [-0.15, -0.1) is 11.3 Å². The quantitative estimate of drug-likeness (QED) is 0.554. The molecule has 0 aliphatic rings. The van der Waals surface area contributed by atoms with E-state index in [9.17, 15) is 9.18 Å². The van der Waals surface area contributed by atoms with Crippen molar-refractivity contribution < 1.29 is 9.18 Å². The van der Waals surface area contributed by atoms with Crippen LogP contribution >= 0.6 is 33.9 Å². The first-order valence-electron chi connectivity index (χ1n) is 6.20. The molecule has 0 bridgehead atoms. The first-order valence-corrected chi connectivity index (χ1v) is 8.16. The topological polar surface area (TPSA) is 30.0 Å². The van der Waals surface area contributed by atoms with Gasteiger partial charge in [-0.25, -0.2) is 9.37 Å². The van der Waals surface area contributed by atoms with E-state index in [-0.39, 0.29) is 23.4 Å². The van der Waals surface area contributed by atoms with Gasteiger partial charge in [0.25, 0.3) is 0 Å². The zero-order chi connectivity index (χ0) is 14.9. The van der Waals surface area contributed by atoms with Crippen molar-refractivity contribution in [1.29, 1.82) is 0 Å². The van der Waals surface area contributed by atoms with E-state index in [1.54, 1.807) is 0 Å². The molecule has 0 N–H and O–H groups in total. The lowest BCUT2D eigenvalue weighted by molar-refractivity contribution is 0.0992. The molecule has 0 amide bonds. The fraction of sp³-hybridized carbons (Fsp3) is 0.333. The van der Waals surface area contributed by atoms with Crippen LogP contribution in [0.3, 0.4) is 0 Å². The summed E-state index contributed by atoms with van der Waals surface area (Å²) in [6, 6.07) is 4.23.